The first-order chi connectivity index (χ1) is 15.8. The van der Waals surface area contributed by atoms with Crippen molar-refractivity contribution in [1.82, 2.24) is 5.32 Å². The monoisotopic (exact) mass is 486 g/mol. The summed E-state index contributed by atoms with van der Waals surface area (Å²) in [6.45, 7) is 3.03. The van der Waals surface area contributed by atoms with Crippen LogP contribution >= 0.6 is 11.6 Å². The van der Waals surface area contributed by atoms with Crippen LogP contribution in [0.15, 0.2) is 77.7 Å². The molecular formula is C25H27ClN2O4S. The maximum Gasteiger partial charge on any atom is 0.264 e. The topological polar surface area (TPSA) is 75.7 Å². The Kier molecular flexibility index (Phi) is 8.49. The van der Waals surface area contributed by atoms with Crippen molar-refractivity contribution >= 4 is 33.2 Å². The van der Waals surface area contributed by atoms with Gasteiger partial charge in [-0.2, -0.15) is 0 Å². The Morgan fingerprint density at radius 3 is 2.39 bits per heavy atom. The van der Waals surface area contributed by atoms with Gasteiger partial charge in [-0.3, -0.25) is 9.10 Å². The lowest BCUT2D eigenvalue weighted by Gasteiger charge is -2.26. The van der Waals surface area contributed by atoms with Crippen LogP contribution in [0.2, 0.25) is 5.02 Å². The summed E-state index contributed by atoms with van der Waals surface area (Å²) in [7, 11) is -2.23. The van der Waals surface area contributed by atoms with Gasteiger partial charge in [0, 0.05) is 30.8 Å². The standard InChI is InChI=1S/C25H27ClN2O4S/c1-19-9-14-22(26)17-24(19)28(33(30,31)23-7-4-3-5-8-23)18-20-10-12-21(13-11-20)25(29)27-15-6-16-32-2/h3-5,7-14,17H,6,15-16,18H2,1-2H3,(H,27,29). The van der Waals surface area contributed by atoms with Crippen LogP contribution in [-0.2, 0) is 21.3 Å². The lowest BCUT2D eigenvalue weighted by atomic mass is 10.1. The molecule has 0 saturated carbocycles. The number of carbonyl (C=O) groups is 1. The molecule has 3 rings (SSSR count). The zero-order chi connectivity index (χ0) is 23.8. The zero-order valence-electron chi connectivity index (χ0n) is 18.6. The third-order valence-corrected chi connectivity index (χ3v) is 7.13. The average molecular weight is 487 g/mol. The Balaban J connectivity index is 1.88. The number of anilines is 1. The number of nitrogens with zero attached hydrogens (tertiary/aromatic N) is 1. The molecule has 1 N–H and O–H groups in total. The zero-order valence-corrected chi connectivity index (χ0v) is 20.2. The number of amides is 1. The Morgan fingerprint density at radius 1 is 1.03 bits per heavy atom. The SMILES string of the molecule is COCCCNC(=O)c1ccc(CN(c2cc(Cl)ccc2C)S(=O)(=O)c2ccccc2)cc1. The second kappa shape index (κ2) is 11.3. The molecule has 0 unspecified atom stereocenters. The summed E-state index contributed by atoms with van der Waals surface area (Å²) in [5, 5.41) is 3.29. The summed E-state index contributed by atoms with van der Waals surface area (Å²) < 4.78 is 33.4. The van der Waals surface area contributed by atoms with Gasteiger partial charge in [-0.25, -0.2) is 8.42 Å². The van der Waals surface area contributed by atoms with Crippen molar-refractivity contribution < 1.29 is 17.9 Å². The number of hydrogen-bond acceptors (Lipinski definition) is 4. The minimum absolute atomic E-state index is 0.0914. The van der Waals surface area contributed by atoms with Crippen molar-refractivity contribution in [2.45, 2.75) is 24.8 Å². The largest absolute Gasteiger partial charge is 0.385 e. The number of hydrogen-bond donors (Lipinski definition) is 1. The molecule has 6 nitrogen and oxygen atoms in total. The van der Waals surface area contributed by atoms with E-state index < -0.39 is 10.0 Å². The molecule has 174 valence electrons. The van der Waals surface area contributed by atoms with Crippen LogP contribution in [0.25, 0.3) is 0 Å². The third-order valence-electron chi connectivity index (χ3n) is 5.12. The molecule has 0 fully saturated rings. The quantitative estimate of drug-likeness (QED) is 0.417. The van der Waals surface area contributed by atoms with Gasteiger partial charge in [-0.15, -0.1) is 0 Å². The lowest BCUT2D eigenvalue weighted by Crippen LogP contribution is -2.31. The minimum Gasteiger partial charge on any atom is -0.385 e. The molecule has 8 heteroatoms. The summed E-state index contributed by atoms with van der Waals surface area (Å²) >= 11 is 6.20. The smallest absolute Gasteiger partial charge is 0.264 e. The fraction of sp³-hybridized carbons (Fsp3) is 0.240. The molecule has 0 aromatic heterocycles. The second-order valence-corrected chi connectivity index (χ2v) is 9.85. The number of sulfonamides is 1. The Morgan fingerprint density at radius 2 is 1.73 bits per heavy atom. The van der Waals surface area contributed by atoms with Crippen LogP contribution in [0, 0.1) is 6.92 Å². The van der Waals surface area contributed by atoms with E-state index in [2.05, 4.69) is 5.32 Å². The van der Waals surface area contributed by atoms with Crippen LogP contribution in [0.4, 0.5) is 5.69 Å². The first-order valence-electron chi connectivity index (χ1n) is 10.5. The van der Waals surface area contributed by atoms with E-state index in [9.17, 15) is 13.2 Å². The summed E-state index contributed by atoms with van der Waals surface area (Å²) in [5.74, 6) is -0.183. The molecule has 0 atom stereocenters. The lowest BCUT2D eigenvalue weighted by molar-refractivity contribution is 0.0948. The molecule has 0 saturated heterocycles. The maximum absolute atomic E-state index is 13.6. The van der Waals surface area contributed by atoms with Crippen molar-refractivity contribution in [3.05, 3.63) is 94.5 Å². The van der Waals surface area contributed by atoms with E-state index in [1.165, 1.54) is 4.31 Å². The van der Waals surface area contributed by atoms with Crippen molar-refractivity contribution in [3.8, 4) is 0 Å². The number of nitrogens with one attached hydrogen (secondary N) is 1. The van der Waals surface area contributed by atoms with E-state index in [0.717, 1.165) is 17.5 Å². The van der Waals surface area contributed by atoms with Gasteiger partial charge in [0.05, 0.1) is 17.1 Å². The van der Waals surface area contributed by atoms with Gasteiger partial charge in [0.15, 0.2) is 0 Å². The van der Waals surface area contributed by atoms with E-state index in [0.29, 0.717) is 29.4 Å². The summed E-state index contributed by atoms with van der Waals surface area (Å²) in [5.41, 5.74) is 2.54. The molecule has 3 aromatic carbocycles. The number of ether oxygens (including phenoxy) is 1. The van der Waals surface area contributed by atoms with Gasteiger partial charge in [-0.1, -0.05) is 48.0 Å². The molecule has 0 bridgehead atoms. The van der Waals surface area contributed by atoms with Crippen LogP contribution in [0.3, 0.4) is 0 Å². The summed E-state index contributed by atoms with van der Waals surface area (Å²) in [6, 6.07) is 20.4. The highest BCUT2D eigenvalue weighted by Crippen LogP contribution is 2.31. The molecule has 0 aliphatic carbocycles. The number of aryl methyl sites for hydroxylation is 1. The highest BCUT2D eigenvalue weighted by atomic mass is 35.5. The molecule has 1 amide bonds. The fourth-order valence-corrected chi connectivity index (χ4v) is 5.01. The Labute approximate surface area is 200 Å². The van der Waals surface area contributed by atoms with Gasteiger partial charge in [0.25, 0.3) is 15.9 Å². The first-order valence-corrected chi connectivity index (χ1v) is 12.3. The normalized spacial score (nSPS) is 11.2. The predicted octanol–water partition coefficient (Wildman–Crippen LogP) is 4.81. The molecular weight excluding hydrogens is 460 g/mol. The Bertz CT molecular complexity index is 1180. The van der Waals surface area contributed by atoms with Gasteiger partial charge in [0.1, 0.15) is 0 Å². The highest BCUT2D eigenvalue weighted by Gasteiger charge is 2.26. The number of rotatable bonds is 10. The van der Waals surface area contributed by atoms with E-state index >= 15 is 0 Å². The van der Waals surface area contributed by atoms with Gasteiger partial charge in [0.2, 0.25) is 0 Å². The molecule has 33 heavy (non-hydrogen) atoms. The third kappa shape index (κ3) is 6.35. The van der Waals surface area contributed by atoms with Gasteiger partial charge < -0.3 is 10.1 Å². The molecule has 0 heterocycles. The average Bonchev–Trinajstić information content (AvgIpc) is 2.82. The number of methoxy groups -OCH3 is 1. The van der Waals surface area contributed by atoms with Crippen molar-refractivity contribution in [2.24, 2.45) is 0 Å². The fourth-order valence-electron chi connectivity index (χ4n) is 3.32. The van der Waals surface area contributed by atoms with Gasteiger partial charge in [-0.05, 0) is 60.9 Å². The van der Waals surface area contributed by atoms with Crippen LogP contribution in [0.5, 0.6) is 0 Å². The van der Waals surface area contributed by atoms with E-state index in [4.69, 9.17) is 16.3 Å². The maximum atomic E-state index is 13.6. The first kappa shape index (κ1) is 24.8. The number of halogens is 1. The number of benzene rings is 3. The van der Waals surface area contributed by atoms with Crippen LogP contribution < -0.4 is 9.62 Å². The minimum atomic E-state index is -3.85. The van der Waals surface area contributed by atoms with Crippen molar-refractivity contribution in [1.29, 1.82) is 0 Å². The van der Waals surface area contributed by atoms with Gasteiger partial charge >= 0.3 is 0 Å². The van der Waals surface area contributed by atoms with E-state index in [-0.39, 0.29) is 17.3 Å². The van der Waals surface area contributed by atoms with E-state index in [1.54, 1.807) is 79.9 Å². The second-order valence-electron chi connectivity index (χ2n) is 7.55. The Hall–Kier alpha value is -2.87. The summed E-state index contributed by atoms with van der Waals surface area (Å²) in [4.78, 5) is 12.5. The molecule has 0 aliphatic rings. The van der Waals surface area contributed by atoms with Crippen LogP contribution in [-0.4, -0.2) is 34.6 Å². The highest BCUT2D eigenvalue weighted by molar-refractivity contribution is 7.92. The predicted molar refractivity (Wildman–Crippen MR) is 131 cm³/mol. The number of carbonyl (C=O) groups excluding carboxylic acids is 1. The molecule has 0 spiro atoms. The molecule has 3 aromatic rings. The summed E-state index contributed by atoms with van der Waals surface area (Å²) in [6.07, 6.45) is 0.728. The molecule has 0 aliphatic heterocycles. The molecule has 0 radical (unpaired) electrons. The van der Waals surface area contributed by atoms with E-state index in [1.807, 2.05) is 6.92 Å². The van der Waals surface area contributed by atoms with Crippen molar-refractivity contribution in [3.63, 3.8) is 0 Å². The van der Waals surface area contributed by atoms with Crippen molar-refractivity contribution in [2.75, 3.05) is 24.6 Å². The van der Waals surface area contributed by atoms with Crippen LogP contribution in [0.1, 0.15) is 27.9 Å².